The number of nitrogens with one attached hydrogen (secondary N) is 2. The molecule has 5 heteroatoms. The van der Waals surface area contributed by atoms with Crippen LogP contribution in [0.3, 0.4) is 0 Å². The summed E-state index contributed by atoms with van der Waals surface area (Å²) in [5, 5.41) is 6.74. The van der Waals surface area contributed by atoms with E-state index in [-0.39, 0.29) is 5.91 Å². The summed E-state index contributed by atoms with van der Waals surface area (Å²) < 4.78 is 4.87. The highest BCUT2D eigenvalue weighted by Gasteiger charge is 2.21. The largest absolute Gasteiger partial charge is 0.383 e. The number of carbonyl (C=O) groups excluding carboxylic acids is 1. The number of carbonyl (C=O) groups is 1. The summed E-state index contributed by atoms with van der Waals surface area (Å²) >= 11 is 1.99. The molecule has 1 amide bonds. The number of thioether (sulfide) groups is 1. The van der Waals surface area contributed by atoms with Crippen molar-refractivity contribution in [1.29, 1.82) is 0 Å². The van der Waals surface area contributed by atoms with Crippen LogP contribution >= 0.6 is 11.8 Å². The summed E-state index contributed by atoms with van der Waals surface area (Å²) in [6, 6.07) is 0.479. The minimum Gasteiger partial charge on any atom is -0.383 e. The van der Waals surface area contributed by atoms with Gasteiger partial charge >= 0.3 is 0 Å². The maximum absolute atomic E-state index is 11.4. The molecule has 0 aromatic rings. The Morgan fingerprint density at radius 3 is 3.06 bits per heavy atom. The lowest BCUT2D eigenvalue weighted by Gasteiger charge is -2.28. The molecule has 1 heterocycles. The van der Waals surface area contributed by atoms with Gasteiger partial charge in [0.15, 0.2) is 0 Å². The van der Waals surface area contributed by atoms with E-state index in [9.17, 15) is 4.79 Å². The molecule has 16 heavy (non-hydrogen) atoms. The number of methoxy groups -OCH3 is 1. The molecule has 2 atom stereocenters. The Morgan fingerprint density at radius 2 is 2.38 bits per heavy atom. The third kappa shape index (κ3) is 5.18. The van der Waals surface area contributed by atoms with Crippen LogP contribution in [0.15, 0.2) is 0 Å². The van der Waals surface area contributed by atoms with E-state index >= 15 is 0 Å². The molecule has 94 valence electrons. The molecule has 0 aromatic carbocycles. The summed E-state index contributed by atoms with van der Waals surface area (Å²) in [5.74, 6) is 1.30. The summed E-state index contributed by atoms with van der Waals surface area (Å²) in [5.41, 5.74) is 0. The highest BCUT2D eigenvalue weighted by Crippen LogP contribution is 2.24. The van der Waals surface area contributed by atoms with Gasteiger partial charge in [-0.25, -0.2) is 0 Å². The fourth-order valence-electron chi connectivity index (χ4n) is 1.77. The molecule has 0 aromatic heterocycles. The van der Waals surface area contributed by atoms with Crippen LogP contribution < -0.4 is 10.6 Å². The van der Waals surface area contributed by atoms with Crippen molar-refractivity contribution in [2.45, 2.75) is 31.1 Å². The predicted molar refractivity (Wildman–Crippen MR) is 67.8 cm³/mol. The second kappa shape index (κ2) is 7.92. The predicted octanol–water partition coefficient (Wildman–Crippen LogP) is 0.623. The normalized spacial score (nSPS) is 25.4. The number of ether oxygens (including phenoxy) is 1. The molecule has 1 rings (SSSR count). The third-order valence-electron chi connectivity index (χ3n) is 2.76. The molecule has 0 radical (unpaired) electrons. The average Bonchev–Trinajstić information content (AvgIpc) is 2.28. The summed E-state index contributed by atoms with van der Waals surface area (Å²) in [4.78, 5) is 11.4. The number of amides is 1. The summed E-state index contributed by atoms with van der Waals surface area (Å²) in [7, 11) is 1.63. The van der Waals surface area contributed by atoms with Crippen LogP contribution in [0.25, 0.3) is 0 Å². The molecule has 2 unspecified atom stereocenters. The van der Waals surface area contributed by atoms with Gasteiger partial charge in [0.2, 0.25) is 5.91 Å². The molecule has 2 N–H and O–H groups in total. The Labute approximate surface area is 102 Å². The lowest BCUT2D eigenvalue weighted by molar-refractivity contribution is -0.120. The maximum atomic E-state index is 11.4. The second-order valence-electron chi connectivity index (χ2n) is 4.05. The van der Waals surface area contributed by atoms with Gasteiger partial charge in [-0.15, -0.1) is 0 Å². The molecule has 1 saturated heterocycles. The minimum atomic E-state index is 0.0554. The van der Waals surface area contributed by atoms with E-state index in [2.05, 4.69) is 17.6 Å². The number of rotatable bonds is 6. The van der Waals surface area contributed by atoms with Crippen LogP contribution in [0, 0.1) is 0 Å². The van der Waals surface area contributed by atoms with Gasteiger partial charge in [0.05, 0.1) is 13.2 Å². The monoisotopic (exact) mass is 246 g/mol. The zero-order chi connectivity index (χ0) is 11.8. The zero-order valence-corrected chi connectivity index (χ0v) is 10.9. The van der Waals surface area contributed by atoms with Crippen LogP contribution in [0.2, 0.25) is 0 Å². The molecular formula is C11H22N2O2S. The van der Waals surface area contributed by atoms with Gasteiger partial charge in [-0.1, -0.05) is 6.92 Å². The van der Waals surface area contributed by atoms with Gasteiger partial charge < -0.3 is 15.4 Å². The van der Waals surface area contributed by atoms with Crippen LogP contribution in [0.5, 0.6) is 0 Å². The first kappa shape index (κ1) is 13.8. The van der Waals surface area contributed by atoms with E-state index in [1.807, 2.05) is 11.8 Å². The summed E-state index contributed by atoms with van der Waals surface area (Å²) in [6.45, 7) is 3.80. The molecule has 4 nitrogen and oxygen atoms in total. The van der Waals surface area contributed by atoms with Crippen molar-refractivity contribution >= 4 is 17.7 Å². The zero-order valence-electron chi connectivity index (χ0n) is 10.1. The molecule has 0 saturated carbocycles. The smallest absolute Gasteiger partial charge is 0.234 e. The van der Waals surface area contributed by atoms with Crippen molar-refractivity contribution < 1.29 is 9.53 Å². The van der Waals surface area contributed by atoms with Gasteiger partial charge in [0.25, 0.3) is 0 Å². The van der Waals surface area contributed by atoms with E-state index < -0.39 is 0 Å². The van der Waals surface area contributed by atoms with Crippen LogP contribution in [0.1, 0.15) is 19.8 Å². The SMILES string of the molecule is COCCNC(=O)CNC1CCCSC1C. The van der Waals surface area contributed by atoms with Crippen molar-refractivity contribution in [3.8, 4) is 0 Å². The topological polar surface area (TPSA) is 50.4 Å². The standard InChI is InChI=1S/C11H22N2O2S/c1-9-10(4-3-7-16-9)13-8-11(14)12-5-6-15-2/h9-10,13H,3-8H2,1-2H3,(H,12,14). The Kier molecular flexibility index (Phi) is 6.84. The first-order chi connectivity index (χ1) is 7.74. The van der Waals surface area contributed by atoms with E-state index in [1.165, 1.54) is 18.6 Å². The van der Waals surface area contributed by atoms with Gasteiger partial charge in [-0.2, -0.15) is 11.8 Å². The lowest BCUT2D eigenvalue weighted by atomic mass is 10.1. The molecule has 0 aliphatic carbocycles. The fraction of sp³-hybridized carbons (Fsp3) is 0.909. The second-order valence-corrected chi connectivity index (χ2v) is 5.53. The van der Waals surface area contributed by atoms with Crippen molar-refractivity contribution in [1.82, 2.24) is 10.6 Å². The molecule has 0 bridgehead atoms. The summed E-state index contributed by atoms with van der Waals surface area (Å²) in [6.07, 6.45) is 2.43. The Balaban J connectivity index is 2.10. The molecular weight excluding hydrogens is 224 g/mol. The van der Waals surface area contributed by atoms with E-state index in [0.29, 0.717) is 31.0 Å². The third-order valence-corrected chi connectivity index (χ3v) is 4.14. The molecule has 1 aliphatic rings. The minimum absolute atomic E-state index is 0.0554. The van der Waals surface area contributed by atoms with Gasteiger partial charge in [0, 0.05) is 24.9 Å². The molecule has 1 fully saturated rings. The first-order valence-electron chi connectivity index (χ1n) is 5.84. The van der Waals surface area contributed by atoms with E-state index in [1.54, 1.807) is 7.11 Å². The average molecular weight is 246 g/mol. The Morgan fingerprint density at radius 1 is 1.56 bits per heavy atom. The molecule has 0 spiro atoms. The van der Waals surface area contributed by atoms with Crippen LogP contribution in [0.4, 0.5) is 0 Å². The van der Waals surface area contributed by atoms with E-state index in [0.717, 1.165) is 0 Å². The quantitative estimate of drug-likeness (QED) is 0.675. The van der Waals surface area contributed by atoms with Gasteiger partial charge in [-0.05, 0) is 18.6 Å². The number of hydrogen-bond donors (Lipinski definition) is 2. The van der Waals surface area contributed by atoms with Crippen molar-refractivity contribution in [2.75, 3.05) is 32.6 Å². The van der Waals surface area contributed by atoms with Gasteiger partial charge in [-0.3, -0.25) is 4.79 Å². The van der Waals surface area contributed by atoms with Crippen LogP contribution in [-0.4, -0.2) is 49.8 Å². The molecule has 1 aliphatic heterocycles. The number of hydrogen-bond acceptors (Lipinski definition) is 4. The van der Waals surface area contributed by atoms with E-state index in [4.69, 9.17) is 4.74 Å². The van der Waals surface area contributed by atoms with Gasteiger partial charge in [0.1, 0.15) is 0 Å². The Bertz CT molecular complexity index is 214. The van der Waals surface area contributed by atoms with Crippen molar-refractivity contribution in [3.05, 3.63) is 0 Å². The lowest BCUT2D eigenvalue weighted by Crippen LogP contribution is -2.45. The van der Waals surface area contributed by atoms with Crippen LogP contribution in [-0.2, 0) is 9.53 Å². The maximum Gasteiger partial charge on any atom is 0.234 e. The first-order valence-corrected chi connectivity index (χ1v) is 6.89. The van der Waals surface area contributed by atoms with Crippen molar-refractivity contribution in [2.24, 2.45) is 0 Å². The Hall–Kier alpha value is -0.260. The van der Waals surface area contributed by atoms with Crippen molar-refractivity contribution in [3.63, 3.8) is 0 Å². The highest BCUT2D eigenvalue weighted by atomic mass is 32.2. The fourth-order valence-corrected chi connectivity index (χ4v) is 2.94. The highest BCUT2D eigenvalue weighted by molar-refractivity contribution is 7.99.